The minimum absolute atomic E-state index is 0.0216. The maximum atomic E-state index is 11.9. The van der Waals surface area contributed by atoms with Crippen molar-refractivity contribution in [3.63, 3.8) is 0 Å². The topological polar surface area (TPSA) is 46.5 Å². The van der Waals surface area contributed by atoms with Crippen molar-refractivity contribution in [3.8, 4) is 0 Å². The van der Waals surface area contributed by atoms with Crippen LogP contribution < -0.4 is 0 Å². The fourth-order valence-electron chi connectivity index (χ4n) is 0.888. The molecule has 0 saturated carbocycles. The van der Waals surface area contributed by atoms with E-state index < -0.39 is 8.32 Å². The average Bonchev–Trinajstić information content (AvgIpc) is 2.12. The summed E-state index contributed by atoms with van der Waals surface area (Å²) in [5.74, 6) is -0.454. The molecule has 0 rings (SSSR count). The first-order chi connectivity index (χ1) is 7.03. The van der Waals surface area contributed by atoms with Gasteiger partial charge in [-0.2, -0.15) is 0 Å². The zero-order chi connectivity index (χ0) is 13.1. The van der Waals surface area contributed by atoms with Crippen LogP contribution in [0.3, 0.4) is 0 Å². The van der Waals surface area contributed by atoms with Crippen molar-refractivity contribution in [1.29, 1.82) is 0 Å². The Morgan fingerprint density at radius 3 is 2.06 bits per heavy atom. The number of hydrogen-bond donors (Lipinski definition) is 1. The SMILES string of the molecule is C[C@H](C(=O)O[Si](C)(C)C(C)(C)C)[C@@H](C)CO. The normalized spacial score (nSPS) is 16.8. The molecule has 0 bridgehead atoms. The molecule has 1 N–H and O–H groups in total. The number of aliphatic hydroxyl groups is 1. The molecular formula is C12H26O3Si. The highest BCUT2D eigenvalue weighted by molar-refractivity contribution is 6.75. The summed E-state index contributed by atoms with van der Waals surface area (Å²) >= 11 is 0. The molecule has 0 aromatic heterocycles. The second kappa shape index (κ2) is 5.32. The highest BCUT2D eigenvalue weighted by Crippen LogP contribution is 2.37. The van der Waals surface area contributed by atoms with Gasteiger partial charge in [0.2, 0.25) is 0 Å². The molecule has 0 unspecified atom stereocenters. The van der Waals surface area contributed by atoms with Gasteiger partial charge in [0.05, 0.1) is 5.92 Å². The van der Waals surface area contributed by atoms with Gasteiger partial charge in [-0.3, -0.25) is 4.79 Å². The summed E-state index contributed by atoms with van der Waals surface area (Å²) in [6, 6.07) is 0. The van der Waals surface area contributed by atoms with Crippen molar-refractivity contribution < 1.29 is 14.3 Å². The van der Waals surface area contributed by atoms with Gasteiger partial charge in [0.1, 0.15) is 0 Å². The van der Waals surface area contributed by atoms with Gasteiger partial charge in [-0.25, -0.2) is 0 Å². The zero-order valence-electron chi connectivity index (χ0n) is 11.6. The molecule has 0 fully saturated rings. The summed E-state index contributed by atoms with van der Waals surface area (Å²) in [5, 5.41) is 9.05. The first-order valence-electron chi connectivity index (χ1n) is 5.86. The van der Waals surface area contributed by atoms with Crippen molar-refractivity contribution in [2.75, 3.05) is 6.61 Å². The molecule has 0 radical (unpaired) electrons. The third-order valence-electron chi connectivity index (χ3n) is 3.68. The number of aliphatic hydroxyl groups excluding tert-OH is 1. The molecule has 0 spiro atoms. The predicted octanol–water partition coefficient (Wildman–Crippen LogP) is 2.80. The van der Waals surface area contributed by atoms with Gasteiger partial charge >= 0.3 is 0 Å². The van der Waals surface area contributed by atoms with E-state index in [1.807, 2.05) is 13.8 Å². The minimum atomic E-state index is -2.02. The average molecular weight is 246 g/mol. The largest absolute Gasteiger partial charge is 0.519 e. The molecule has 0 aliphatic heterocycles. The Morgan fingerprint density at radius 2 is 1.75 bits per heavy atom. The van der Waals surface area contributed by atoms with Gasteiger partial charge in [0, 0.05) is 6.61 Å². The summed E-state index contributed by atoms with van der Waals surface area (Å²) in [4.78, 5) is 11.9. The van der Waals surface area contributed by atoms with Crippen LogP contribution in [0, 0.1) is 11.8 Å². The molecule has 0 amide bonds. The van der Waals surface area contributed by atoms with Gasteiger partial charge in [0.15, 0.2) is 0 Å². The molecule has 0 aromatic rings. The summed E-state index contributed by atoms with van der Waals surface area (Å²) in [6.07, 6.45) is 0. The number of rotatable bonds is 4. The minimum Gasteiger partial charge on any atom is -0.519 e. The van der Waals surface area contributed by atoms with Gasteiger partial charge in [0.25, 0.3) is 14.3 Å². The predicted molar refractivity (Wildman–Crippen MR) is 68.7 cm³/mol. The molecule has 0 saturated heterocycles. The van der Waals surface area contributed by atoms with Crippen LogP contribution in [0.1, 0.15) is 34.6 Å². The monoisotopic (exact) mass is 246 g/mol. The summed E-state index contributed by atoms with van der Waals surface area (Å²) in [6.45, 7) is 14.1. The Balaban J connectivity index is 4.57. The van der Waals surface area contributed by atoms with Gasteiger partial charge in [-0.15, -0.1) is 0 Å². The summed E-state index contributed by atoms with van der Waals surface area (Å²) in [5.41, 5.74) is 0. The fraction of sp³-hybridized carbons (Fsp3) is 0.917. The Hall–Kier alpha value is -0.353. The first-order valence-corrected chi connectivity index (χ1v) is 8.77. The van der Waals surface area contributed by atoms with Crippen LogP contribution >= 0.6 is 0 Å². The van der Waals surface area contributed by atoms with E-state index in [-0.39, 0.29) is 29.5 Å². The van der Waals surface area contributed by atoms with Crippen LogP contribution in [-0.4, -0.2) is 26.0 Å². The molecule has 2 atom stereocenters. The lowest BCUT2D eigenvalue weighted by molar-refractivity contribution is -0.141. The van der Waals surface area contributed by atoms with Crippen LogP contribution in [0.25, 0.3) is 0 Å². The molecule has 0 aliphatic carbocycles. The van der Waals surface area contributed by atoms with Gasteiger partial charge in [-0.05, 0) is 24.1 Å². The van der Waals surface area contributed by atoms with E-state index in [1.165, 1.54) is 0 Å². The van der Waals surface area contributed by atoms with Gasteiger partial charge < -0.3 is 9.53 Å². The second-order valence-corrected chi connectivity index (χ2v) is 10.9. The quantitative estimate of drug-likeness (QED) is 0.776. The number of carbonyl (C=O) groups is 1. The van der Waals surface area contributed by atoms with Crippen molar-refractivity contribution in [2.45, 2.75) is 52.8 Å². The second-order valence-electron chi connectivity index (χ2n) is 6.13. The maximum absolute atomic E-state index is 11.9. The van der Waals surface area contributed by atoms with E-state index in [0.717, 1.165) is 0 Å². The van der Waals surface area contributed by atoms with E-state index in [1.54, 1.807) is 0 Å². The van der Waals surface area contributed by atoms with Crippen LogP contribution in [0.2, 0.25) is 18.1 Å². The molecule has 0 heterocycles. The van der Waals surface area contributed by atoms with Crippen LogP contribution in [0.15, 0.2) is 0 Å². The van der Waals surface area contributed by atoms with Crippen molar-refractivity contribution in [1.82, 2.24) is 0 Å². The maximum Gasteiger partial charge on any atom is 0.295 e. The van der Waals surface area contributed by atoms with E-state index >= 15 is 0 Å². The lowest BCUT2D eigenvalue weighted by Gasteiger charge is -2.36. The Labute approximate surface area is 100 Å². The fourth-order valence-corrected chi connectivity index (χ4v) is 1.88. The zero-order valence-corrected chi connectivity index (χ0v) is 12.6. The highest BCUT2D eigenvalue weighted by Gasteiger charge is 2.41. The van der Waals surface area contributed by atoms with Crippen molar-refractivity contribution in [2.24, 2.45) is 11.8 Å². The van der Waals surface area contributed by atoms with E-state index in [9.17, 15) is 4.79 Å². The Kier molecular flexibility index (Phi) is 5.20. The molecule has 96 valence electrons. The molecular weight excluding hydrogens is 220 g/mol. The standard InChI is InChI=1S/C12H26O3Si/c1-9(8-13)10(2)11(14)15-16(6,7)12(3,4)5/h9-10,13H,8H2,1-7H3/t9-,10-/m0/s1. The van der Waals surface area contributed by atoms with Crippen LogP contribution in [0.5, 0.6) is 0 Å². The van der Waals surface area contributed by atoms with E-state index in [2.05, 4.69) is 33.9 Å². The van der Waals surface area contributed by atoms with Crippen molar-refractivity contribution >= 4 is 14.3 Å². The Bertz CT molecular complexity index is 243. The smallest absolute Gasteiger partial charge is 0.295 e. The summed E-state index contributed by atoms with van der Waals surface area (Å²) in [7, 11) is -2.02. The molecule has 0 aliphatic rings. The summed E-state index contributed by atoms with van der Waals surface area (Å²) < 4.78 is 5.68. The highest BCUT2D eigenvalue weighted by atomic mass is 28.4. The third kappa shape index (κ3) is 3.90. The molecule has 4 heteroatoms. The third-order valence-corrected chi connectivity index (χ3v) is 8.00. The van der Waals surface area contributed by atoms with Gasteiger partial charge in [-0.1, -0.05) is 34.6 Å². The van der Waals surface area contributed by atoms with E-state index in [4.69, 9.17) is 9.53 Å². The molecule has 3 nitrogen and oxygen atoms in total. The number of carbonyl (C=O) groups excluding carboxylic acids is 1. The van der Waals surface area contributed by atoms with E-state index in [0.29, 0.717) is 0 Å². The lowest BCUT2D eigenvalue weighted by Crippen LogP contribution is -2.44. The lowest BCUT2D eigenvalue weighted by atomic mass is 9.97. The number of hydrogen-bond acceptors (Lipinski definition) is 3. The molecule has 0 aromatic carbocycles. The first kappa shape index (κ1) is 15.6. The van der Waals surface area contributed by atoms with Crippen LogP contribution in [-0.2, 0) is 9.22 Å². The van der Waals surface area contributed by atoms with Crippen molar-refractivity contribution in [3.05, 3.63) is 0 Å². The van der Waals surface area contributed by atoms with Crippen LogP contribution in [0.4, 0.5) is 0 Å². The molecule has 16 heavy (non-hydrogen) atoms. The Morgan fingerprint density at radius 1 is 1.31 bits per heavy atom.